The number of hydrogen-bond acceptors (Lipinski definition) is 7. The van der Waals surface area contributed by atoms with Crippen molar-refractivity contribution in [2.24, 2.45) is 13.0 Å². The second-order valence-electron chi connectivity index (χ2n) is 8.85. The van der Waals surface area contributed by atoms with E-state index in [1.54, 1.807) is 6.92 Å². The summed E-state index contributed by atoms with van der Waals surface area (Å²) in [6, 6.07) is 0. The van der Waals surface area contributed by atoms with E-state index < -0.39 is 0 Å². The first-order valence-electron chi connectivity index (χ1n) is 11.6. The van der Waals surface area contributed by atoms with Gasteiger partial charge in [0.1, 0.15) is 10.8 Å². The van der Waals surface area contributed by atoms with Crippen LogP contribution in [0.3, 0.4) is 0 Å². The van der Waals surface area contributed by atoms with E-state index in [9.17, 15) is 9.59 Å². The Hall–Kier alpha value is -1.87. The van der Waals surface area contributed by atoms with Gasteiger partial charge in [0.05, 0.1) is 17.9 Å². The van der Waals surface area contributed by atoms with Crippen LogP contribution in [-0.4, -0.2) is 39.0 Å². The highest BCUT2D eigenvalue weighted by Gasteiger charge is 2.29. The van der Waals surface area contributed by atoms with Crippen LogP contribution in [0.5, 0.6) is 0 Å². The van der Waals surface area contributed by atoms with Gasteiger partial charge < -0.3 is 14.6 Å². The fourth-order valence-electron chi connectivity index (χ4n) is 4.72. The van der Waals surface area contributed by atoms with Crippen LogP contribution < -0.4 is 5.32 Å². The summed E-state index contributed by atoms with van der Waals surface area (Å²) in [6.45, 7) is 4.35. The molecule has 1 atom stereocenters. The molecule has 0 spiro atoms. The van der Waals surface area contributed by atoms with Gasteiger partial charge in [-0.25, -0.2) is 4.79 Å². The summed E-state index contributed by atoms with van der Waals surface area (Å²) in [4.78, 5) is 26.6. The first kappa shape index (κ1) is 23.3. The molecule has 0 radical (unpaired) electrons. The molecule has 2 aromatic rings. The number of anilines is 1. The quantitative estimate of drug-likeness (QED) is 0.449. The van der Waals surface area contributed by atoms with Gasteiger partial charge in [0.25, 0.3) is 0 Å². The van der Waals surface area contributed by atoms with Gasteiger partial charge in [0, 0.05) is 17.8 Å². The zero-order chi connectivity index (χ0) is 22.7. The van der Waals surface area contributed by atoms with E-state index in [1.165, 1.54) is 47.2 Å². The zero-order valence-electron chi connectivity index (χ0n) is 19.1. The molecule has 0 aromatic carbocycles. The summed E-state index contributed by atoms with van der Waals surface area (Å²) in [5.41, 5.74) is 1.61. The number of thioether (sulfide) groups is 1. The third kappa shape index (κ3) is 5.03. The average molecular weight is 477 g/mol. The summed E-state index contributed by atoms with van der Waals surface area (Å²) in [5, 5.41) is 13.1. The lowest BCUT2D eigenvalue weighted by molar-refractivity contribution is -0.113. The van der Waals surface area contributed by atoms with Crippen molar-refractivity contribution in [3.05, 3.63) is 21.8 Å². The summed E-state index contributed by atoms with van der Waals surface area (Å²) in [7, 11) is 1.98. The molecule has 32 heavy (non-hydrogen) atoms. The lowest BCUT2D eigenvalue weighted by Crippen LogP contribution is -2.18. The van der Waals surface area contributed by atoms with E-state index in [0.717, 1.165) is 48.6 Å². The van der Waals surface area contributed by atoms with E-state index >= 15 is 0 Å². The minimum atomic E-state index is -0.340. The van der Waals surface area contributed by atoms with Gasteiger partial charge in [0.2, 0.25) is 5.91 Å². The van der Waals surface area contributed by atoms with Crippen molar-refractivity contribution in [3.8, 4) is 0 Å². The Labute approximate surface area is 197 Å². The highest BCUT2D eigenvalue weighted by molar-refractivity contribution is 7.99. The Morgan fingerprint density at radius 1 is 1.22 bits per heavy atom. The molecular formula is C23H32N4O3S2. The molecule has 0 saturated heterocycles. The predicted molar refractivity (Wildman–Crippen MR) is 128 cm³/mol. The van der Waals surface area contributed by atoms with Crippen LogP contribution in [0.2, 0.25) is 0 Å². The van der Waals surface area contributed by atoms with Crippen LogP contribution in [0, 0.1) is 5.92 Å². The van der Waals surface area contributed by atoms with Crippen molar-refractivity contribution in [3.63, 3.8) is 0 Å². The number of ether oxygens (including phenoxy) is 1. The molecule has 7 nitrogen and oxygen atoms in total. The maximum atomic E-state index is 12.8. The molecule has 9 heteroatoms. The monoisotopic (exact) mass is 476 g/mol. The van der Waals surface area contributed by atoms with E-state index in [0.29, 0.717) is 29.0 Å². The molecule has 2 aliphatic carbocycles. The third-order valence-electron chi connectivity index (χ3n) is 6.42. The topological polar surface area (TPSA) is 86.1 Å². The van der Waals surface area contributed by atoms with Crippen LogP contribution in [0.4, 0.5) is 5.00 Å². The lowest BCUT2D eigenvalue weighted by Gasteiger charge is -2.20. The second kappa shape index (κ2) is 10.4. The number of esters is 1. The Morgan fingerprint density at radius 2 is 2.00 bits per heavy atom. The number of thiophene rings is 1. The average Bonchev–Trinajstić information content (AvgIpc) is 3.32. The van der Waals surface area contributed by atoms with Crippen LogP contribution in [0.15, 0.2) is 5.16 Å². The fraction of sp³-hybridized carbons (Fsp3) is 0.652. The molecule has 2 heterocycles. The normalized spacial score (nSPS) is 18.9. The van der Waals surface area contributed by atoms with E-state index in [-0.39, 0.29) is 17.6 Å². The molecule has 0 bridgehead atoms. The standard InChI is InChI=1S/C23H32N4O3S2/c1-4-30-22(29)19-16-11-10-14(2)12-17(16)32-21(19)24-18(28)13-31-23-26-25-20(27(23)3)15-8-6-5-7-9-15/h14-15H,4-13H2,1-3H3,(H,24,28). The molecule has 1 saturated carbocycles. The molecule has 4 rings (SSSR count). The molecule has 174 valence electrons. The Kier molecular flexibility index (Phi) is 7.55. The number of carbonyl (C=O) groups is 2. The number of rotatable bonds is 7. The Bertz CT molecular complexity index is 978. The lowest BCUT2D eigenvalue weighted by atomic mass is 9.88. The minimum absolute atomic E-state index is 0.144. The van der Waals surface area contributed by atoms with Crippen LogP contribution >= 0.6 is 23.1 Å². The number of carbonyl (C=O) groups excluding carboxylic acids is 2. The van der Waals surface area contributed by atoms with Gasteiger partial charge in [-0.15, -0.1) is 21.5 Å². The van der Waals surface area contributed by atoms with E-state index in [1.807, 2.05) is 11.6 Å². The largest absolute Gasteiger partial charge is 0.462 e. The summed E-state index contributed by atoms with van der Waals surface area (Å²) in [5.74, 6) is 1.82. The van der Waals surface area contributed by atoms with E-state index in [2.05, 4.69) is 22.4 Å². The van der Waals surface area contributed by atoms with Crippen LogP contribution in [0.25, 0.3) is 0 Å². The van der Waals surface area contributed by atoms with Gasteiger partial charge in [-0.3, -0.25) is 4.79 Å². The molecule has 1 unspecified atom stereocenters. The number of nitrogens with one attached hydrogen (secondary N) is 1. The van der Waals surface area contributed by atoms with Crippen molar-refractivity contribution < 1.29 is 14.3 Å². The first-order chi connectivity index (χ1) is 15.5. The summed E-state index contributed by atoms with van der Waals surface area (Å²) in [6.07, 6.45) is 8.97. The van der Waals surface area contributed by atoms with Gasteiger partial charge in [0.15, 0.2) is 5.16 Å². The van der Waals surface area contributed by atoms with Gasteiger partial charge in [-0.2, -0.15) is 0 Å². The SMILES string of the molecule is CCOC(=O)c1c(NC(=O)CSc2nnc(C3CCCCC3)n2C)sc2c1CCC(C)C2. The zero-order valence-corrected chi connectivity index (χ0v) is 20.7. The highest BCUT2D eigenvalue weighted by Crippen LogP contribution is 2.40. The Balaban J connectivity index is 1.43. The maximum Gasteiger partial charge on any atom is 0.341 e. The maximum absolute atomic E-state index is 12.8. The highest BCUT2D eigenvalue weighted by atomic mass is 32.2. The predicted octanol–water partition coefficient (Wildman–Crippen LogP) is 4.96. The van der Waals surface area contributed by atoms with Crippen molar-refractivity contribution in [1.29, 1.82) is 0 Å². The third-order valence-corrected chi connectivity index (χ3v) is 8.61. The Morgan fingerprint density at radius 3 is 2.75 bits per heavy atom. The van der Waals surface area contributed by atoms with Gasteiger partial charge >= 0.3 is 5.97 Å². The number of fused-ring (bicyclic) bond motifs is 1. The summed E-state index contributed by atoms with van der Waals surface area (Å²) >= 11 is 2.91. The molecule has 1 amide bonds. The first-order valence-corrected chi connectivity index (χ1v) is 13.4. The smallest absolute Gasteiger partial charge is 0.341 e. The van der Waals surface area contributed by atoms with Crippen molar-refractivity contribution in [1.82, 2.24) is 14.8 Å². The minimum Gasteiger partial charge on any atom is -0.462 e. The van der Waals surface area contributed by atoms with Crippen LogP contribution in [-0.2, 0) is 29.4 Å². The second-order valence-corrected chi connectivity index (χ2v) is 10.9. The molecule has 0 aliphatic heterocycles. The van der Waals surface area contributed by atoms with Gasteiger partial charge in [-0.05, 0) is 50.5 Å². The molecule has 1 fully saturated rings. The number of aromatic nitrogens is 3. The number of amides is 1. The van der Waals surface area contributed by atoms with Crippen molar-refractivity contribution >= 4 is 40.0 Å². The molecule has 2 aromatic heterocycles. The molecule has 2 aliphatic rings. The van der Waals surface area contributed by atoms with E-state index in [4.69, 9.17) is 4.74 Å². The van der Waals surface area contributed by atoms with Crippen LogP contribution in [0.1, 0.15) is 84.9 Å². The molecular weight excluding hydrogens is 444 g/mol. The number of hydrogen-bond donors (Lipinski definition) is 1. The summed E-state index contributed by atoms with van der Waals surface area (Å²) < 4.78 is 7.33. The van der Waals surface area contributed by atoms with Crippen molar-refractivity contribution in [2.45, 2.75) is 76.3 Å². The van der Waals surface area contributed by atoms with Gasteiger partial charge in [-0.1, -0.05) is 37.9 Å². The van der Waals surface area contributed by atoms with Crippen molar-refractivity contribution in [2.75, 3.05) is 17.7 Å². The fourth-order valence-corrected chi connectivity index (χ4v) is 6.85. The number of nitrogens with zero attached hydrogens (tertiary/aromatic N) is 3. The molecule has 1 N–H and O–H groups in total.